The minimum absolute atomic E-state index is 0.253. The fourth-order valence-corrected chi connectivity index (χ4v) is 1.28. The van der Waals surface area contributed by atoms with Crippen LogP contribution >= 0.6 is 12.6 Å². The Labute approximate surface area is 89.7 Å². The SMILES string of the molecule is CCCCOc1ccccc1C(=O)S. The zero-order valence-electron chi connectivity index (χ0n) is 8.19. The van der Waals surface area contributed by atoms with Crippen molar-refractivity contribution in [2.45, 2.75) is 19.8 Å². The molecule has 2 nitrogen and oxygen atoms in total. The third kappa shape index (κ3) is 3.07. The van der Waals surface area contributed by atoms with E-state index in [0.717, 1.165) is 12.8 Å². The first-order valence-corrected chi connectivity index (χ1v) is 5.15. The van der Waals surface area contributed by atoms with E-state index in [1.165, 1.54) is 0 Å². The predicted octanol–water partition coefficient (Wildman–Crippen LogP) is 2.94. The highest BCUT2D eigenvalue weighted by Crippen LogP contribution is 2.19. The van der Waals surface area contributed by atoms with Crippen LogP contribution in [0.4, 0.5) is 0 Å². The van der Waals surface area contributed by atoms with Crippen molar-refractivity contribution in [2.24, 2.45) is 0 Å². The molecular formula is C11H14O2S. The van der Waals surface area contributed by atoms with Crippen LogP contribution in [0.15, 0.2) is 24.3 Å². The summed E-state index contributed by atoms with van der Waals surface area (Å²) in [5.74, 6) is 0.626. The van der Waals surface area contributed by atoms with E-state index in [1.54, 1.807) is 18.2 Å². The lowest BCUT2D eigenvalue weighted by Crippen LogP contribution is -2.01. The van der Waals surface area contributed by atoms with Crippen molar-refractivity contribution in [3.63, 3.8) is 0 Å². The molecule has 0 saturated carbocycles. The van der Waals surface area contributed by atoms with Gasteiger partial charge in [0.25, 0.3) is 0 Å². The smallest absolute Gasteiger partial charge is 0.220 e. The first-order valence-electron chi connectivity index (χ1n) is 4.70. The van der Waals surface area contributed by atoms with E-state index in [4.69, 9.17) is 4.74 Å². The van der Waals surface area contributed by atoms with Crippen LogP contribution in [0.1, 0.15) is 30.1 Å². The number of thiol groups is 1. The van der Waals surface area contributed by atoms with E-state index in [9.17, 15) is 4.79 Å². The van der Waals surface area contributed by atoms with Crippen LogP contribution in [0.3, 0.4) is 0 Å². The van der Waals surface area contributed by atoms with Crippen molar-refractivity contribution >= 4 is 17.7 Å². The van der Waals surface area contributed by atoms with Gasteiger partial charge in [-0.15, -0.1) is 12.6 Å². The van der Waals surface area contributed by atoms with Crippen LogP contribution in [0.25, 0.3) is 0 Å². The van der Waals surface area contributed by atoms with Gasteiger partial charge in [-0.25, -0.2) is 0 Å². The van der Waals surface area contributed by atoms with Gasteiger partial charge in [-0.05, 0) is 18.6 Å². The molecule has 0 heterocycles. The van der Waals surface area contributed by atoms with Gasteiger partial charge >= 0.3 is 0 Å². The Morgan fingerprint density at radius 2 is 2.14 bits per heavy atom. The molecule has 0 aliphatic heterocycles. The maximum absolute atomic E-state index is 11.1. The van der Waals surface area contributed by atoms with Crippen LogP contribution in [0.5, 0.6) is 5.75 Å². The Morgan fingerprint density at radius 3 is 2.79 bits per heavy atom. The van der Waals surface area contributed by atoms with Crippen molar-refractivity contribution in [3.05, 3.63) is 29.8 Å². The largest absolute Gasteiger partial charge is 0.493 e. The van der Waals surface area contributed by atoms with Gasteiger partial charge in [0, 0.05) is 0 Å². The van der Waals surface area contributed by atoms with Gasteiger partial charge in [0.2, 0.25) is 5.12 Å². The van der Waals surface area contributed by atoms with Crippen LogP contribution in [0.2, 0.25) is 0 Å². The zero-order chi connectivity index (χ0) is 10.4. The minimum Gasteiger partial charge on any atom is -0.493 e. The van der Waals surface area contributed by atoms with Crippen molar-refractivity contribution in [2.75, 3.05) is 6.61 Å². The van der Waals surface area contributed by atoms with E-state index in [-0.39, 0.29) is 5.12 Å². The summed E-state index contributed by atoms with van der Waals surface area (Å²) in [6.07, 6.45) is 2.08. The molecule has 0 spiro atoms. The molecule has 76 valence electrons. The Kier molecular flexibility index (Phi) is 4.53. The molecule has 0 N–H and O–H groups in total. The second kappa shape index (κ2) is 5.70. The predicted molar refractivity (Wildman–Crippen MR) is 60.2 cm³/mol. The number of carbonyl (C=O) groups excluding carboxylic acids is 1. The molecule has 14 heavy (non-hydrogen) atoms. The normalized spacial score (nSPS) is 9.86. The number of rotatable bonds is 5. The summed E-state index contributed by atoms with van der Waals surface area (Å²) in [4.78, 5) is 11.1. The quantitative estimate of drug-likeness (QED) is 0.597. The van der Waals surface area contributed by atoms with Gasteiger partial charge in [-0.1, -0.05) is 25.5 Å². The van der Waals surface area contributed by atoms with Crippen molar-refractivity contribution in [1.29, 1.82) is 0 Å². The van der Waals surface area contributed by atoms with E-state index in [0.29, 0.717) is 17.9 Å². The van der Waals surface area contributed by atoms with Crippen LogP contribution < -0.4 is 4.74 Å². The standard InChI is InChI=1S/C11H14O2S/c1-2-3-8-13-10-7-5-4-6-9(10)11(12)14/h4-7H,2-3,8H2,1H3,(H,12,14). The summed E-state index contributed by atoms with van der Waals surface area (Å²) in [5, 5.41) is -0.253. The molecule has 0 bridgehead atoms. The number of unbranched alkanes of at least 4 members (excludes halogenated alkanes) is 1. The lowest BCUT2D eigenvalue weighted by molar-refractivity contribution is 0.108. The summed E-state index contributed by atoms with van der Waals surface area (Å²) in [6.45, 7) is 2.74. The van der Waals surface area contributed by atoms with Gasteiger partial charge in [-0.3, -0.25) is 4.79 Å². The summed E-state index contributed by atoms with van der Waals surface area (Å²) in [7, 11) is 0. The van der Waals surface area contributed by atoms with Crippen molar-refractivity contribution < 1.29 is 9.53 Å². The number of para-hydroxylation sites is 1. The molecule has 0 saturated heterocycles. The molecule has 1 aromatic carbocycles. The highest BCUT2D eigenvalue weighted by Gasteiger charge is 2.07. The first-order chi connectivity index (χ1) is 6.75. The fourth-order valence-electron chi connectivity index (χ4n) is 1.10. The highest BCUT2D eigenvalue weighted by molar-refractivity contribution is 7.97. The number of benzene rings is 1. The Bertz CT molecular complexity index is 310. The minimum atomic E-state index is -0.253. The van der Waals surface area contributed by atoms with Crippen LogP contribution in [-0.4, -0.2) is 11.7 Å². The molecule has 1 rings (SSSR count). The number of carbonyl (C=O) groups is 1. The van der Waals surface area contributed by atoms with Gasteiger partial charge in [0.15, 0.2) is 0 Å². The highest BCUT2D eigenvalue weighted by atomic mass is 32.1. The molecular weight excluding hydrogens is 196 g/mol. The number of hydrogen-bond acceptors (Lipinski definition) is 2. The first kappa shape index (κ1) is 11.1. The zero-order valence-corrected chi connectivity index (χ0v) is 9.09. The molecule has 0 aliphatic rings. The van der Waals surface area contributed by atoms with E-state index >= 15 is 0 Å². The van der Waals surface area contributed by atoms with Crippen LogP contribution in [0, 0.1) is 0 Å². The van der Waals surface area contributed by atoms with Crippen molar-refractivity contribution in [3.8, 4) is 5.75 Å². The number of ether oxygens (including phenoxy) is 1. The lowest BCUT2D eigenvalue weighted by Gasteiger charge is -2.07. The summed E-state index contributed by atoms with van der Waals surface area (Å²) in [5.41, 5.74) is 0.534. The maximum Gasteiger partial charge on any atom is 0.220 e. The molecule has 3 heteroatoms. The average molecular weight is 210 g/mol. The third-order valence-electron chi connectivity index (χ3n) is 1.87. The monoisotopic (exact) mass is 210 g/mol. The van der Waals surface area contributed by atoms with E-state index in [1.807, 2.05) is 6.07 Å². The molecule has 0 unspecified atom stereocenters. The second-order valence-corrected chi connectivity index (χ2v) is 3.41. The molecule has 0 aliphatic carbocycles. The van der Waals surface area contributed by atoms with E-state index < -0.39 is 0 Å². The van der Waals surface area contributed by atoms with Gasteiger partial charge in [0.05, 0.1) is 12.2 Å². The molecule has 1 aromatic rings. The van der Waals surface area contributed by atoms with Crippen LogP contribution in [-0.2, 0) is 0 Å². The Balaban J connectivity index is 2.69. The third-order valence-corrected chi connectivity index (χ3v) is 2.11. The Morgan fingerprint density at radius 1 is 1.43 bits per heavy atom. The number of hydrogen-bond donors (Lipinski definition) is 1. The topological polar surface area (TPSA) is 26.3 Å². The van der Waals surface area contributed by atoms with Gasteiger partial charge in [-0.2, -0.15) is 0 Å². The van der Waals surface area contributed by atoms with Gasteiger partial charge < -0.3 is 4.74 Å². The Hall–Kier alpha value is -0.960. The summed E-state index contributed by atoms with van der Waals surface area (Å²) >= 11 is 3.78. The summed E-state index contributed by atoms with van der Waals surface area (Å²) < 4.78 is 5.47. The average Bonchev–Trinajstić information content (AvgIpc) is 2.19. The lowest BCUT2D eigenvalue weighted by atomic mass is 10.2. The molecule has 0 amide bonds. The molecule has 0 atom stereocenters. The molecule has 0 aromatic heterocycles. The molecule has 0 fully saturated rings. The fraction of sp³-hybridized carbons (Fsp3) is 0.364. The summed E-state index contributed by atoms with van der Waals surface area (Å²) in [6, 6.07) is 7.16. The van der Waals surface area contributed by atoms with Crippen molar-refractivity contribution in [1.82, 2.24) is 0 Å². The maximum atomic E-state index is 11.1. The van der Waals surface area contributed by atoms with Gasteiger partial charge in [0.1, 0.15) is 5.75 Å². The van der Waals surface area contributed by atoms with E-state index in [2.05, 4.69) is 19.6 Å². The second-order valence-electron chi connectivity index (χ2n) is 3.00. The molecule has 0 radical (unpaired) electrons.